The molecule has 0 saturated heterocycles. The first-order chi connectivity index (χ1) is 9.11. The van der Waals surface area contributed by atoms with Crippen molar-refractivity contribution in [3.8, 4) is 6.07 Å². The van der Waals surface area contributed by atoms with Gasteiger partial charge in [-0.2, -0.15) is 5.26 Å². The lowest BCUT2D eigenvalue weighted by Gasteiger charge is -2.20. The molecule has 0 unspecified atom stereocenters. The van der Waals surface area contributed by atoms with Gasteiger partial charge in [-0.25, -0.2) is 0 Å². The molecule has 0 atom stereocenters. The van der Waals surface area contributed by atoms with Crippen LogP contribution in [-0.4, -0.2) is 34.5 Å². The van der Waals surface area contributed by atoms with E-state index in [1.807, 2.05) is 6.07 Å². The van der Waals surface area contributed by atoms with Gasteiger partial charge in [0.25, 0.3) is 5.91 Å². The average Bonchev–Trinajstić information content (AvgIpc) is 3.20. The number of nitrogens with zero attached hydrogens (tertiary/aromatic N) is 2. The molecule has 1 amide bonds. The summed E-state index contributed by atoms with van der Waals surface area (Å²) in [7, 11) is 0. The predicted octanol–water partition coefficient (Wildman–Crippen LogP) is 1.44. The zero-order valence-corrected chi connectivity index (χ0v) is 10.4. The van der Waals surface area contributed by atoms with Crippen molar-refractivity contribution in [2.45, 2.75) is 25.3 Å². The molecular weight excluding hydrogens is 244 g/mol. The van der Waals surface area contributed by atoms with Crippen molar-refractivity contribution >= 4 is 11.9 Å². The summed E-state index contributed by atoms with van der Waals surface area (Å²) >= 11 is 0. The Morgan fingerprint density at radius 1 is 1.42 bits per heavy atom. The number of hydrogen-bond donors (Lipinski definition) is 1. The largest absolute Gasteiger partial charge is 0.480 e. The summed E-state index contributed by atoms with van der Waals surface area (Å²) in [6, 6.07) is 8.87. The molecule has 0 radical (unpaired) electrons. The van der Waals surface area contributed by atoms with Gasteiger partial charge < -0.3 is 10.0 Å². The van der Waals surface area contributed by atoms with Gasteiger partial charge in [0, 0.05) is 11.6 Å². The number of carbonyl (C=O) groups is 2. The van der Waals surface area contributed by atoms with Crippen LogP contribution >= 0.6 is 0 Å². The van der Waals surface area contributed by atoms with Gasteiger partial charge in [0.2, 0.25) is 0 Å². The zero-order chi connectivity index (χ0) is 13.8. The summed E-state index contributed by atoms with van der Waals surface area (Å²) < 4.78 is 0. The lowest BCUT2D eigenvalue weighted by molar-refractivity contribution is -0.137. The maximum Gasteiger partial charge on any atom is 0.323 e. The van der Waals surface area contributed by atoms with E-state index in [1.54, 1.807) is 24.3 Å². The Hall–Kier alpha value is -2.35. The van der Waals surface area contributed by atoms with Gasteiger partial charge in [0.15, 0.2) is 0 Å². The molecule has 0 aliphatic heterocycles. The number of amides is 1. The van der Waals surface area contributed by atoms with Gasteiger partial charge in [-0.15, -0.1) is 0 Å². The third-order valence-electron chi connectivity index (χ3n) is 3.01. The topological polar surface area (TPSA) is 81.4 Å². The van der Waals surface area contributed by atoms with E-state index in [0.29, 0.717) is 5.56 Å². The second kappa shape index (κ2) is 5.53. The van der Waals surface area contributed by atoms with E-state index in [0.717, 1.165) is 18.4 Å². The first-order valence-electron chi connectivity index (χ1n) is 6.10. The minimum absolute atomic E-state index is 0.0447. The molecule has 1 saturated carbocycles. The number of nitriles is 1. The van der Waals surface area contributed by atoms with E-state index >= 15 is 0 Å². The Morgan fingerprint density at radius 2 is 2.16 bits per heavy atom. The van der Waals surface area contributed by atoms with E-state index in [4.69, 9.17) is 10.4 Å². The Morgan fingerprint density at radius 3 is 2.74 bits per heavy atom. The maximum absolute atomic E-state index is 12.3. The highest BCUT2D eigenvalue weighted by Crippen LogP contribution is 2.28. The summed E-state index contributed by atoms with van der Waals surface area (Å²) in [4.78, 5) is 24.5. The number of carboxylic acids is 1. The molecule has 0 heterocycles. The van der Waals surface area contributed by atoms with Gasteiger partial charge in [0.05, 0.1) is 12.5 Å². The molecule has 1 aromatic rings. The molecule has 1 aliphatic carbocycles. The molecule has 1 aromatic carbocycles. The highest BCUT2D eigenvalue weighted by atomic mass is 16.4. The average molecular weight is 258 g/mol. The third-order valence-corrected chi connectivity index (χ3v) is 3.01. The summed E-state index contributed by atoms with van der Waals surface area (Å²) in [5, 5.41) is 17.5. The standard InChI is InChI=1S/C14H14N2O3/c15-7-6-10-2-1-3-11(8-10)14(19)16(9-13(17)18)12-4-5-12/h1-3,8,12H,4-6,9H2,(H,17,18). The van der Waals surface area contributed by atoms with E-state index in [9.17, 15) is 9.59 Å². The molecule has 19 heavy (non-hydrogen) atoms. The predicted molar refractivity (Wildman–Crippen MR) is 67.5 cm³/mol. The number of rotatable bonds is 5. The SMILES string of the molecule is N#CCc1cccc(C(=O)N(CC(=O)O)C2CC2)c1. The fourth-order valence-electron chi connectivity index (χ4n) is 1.97. The fourth-order valence-corrected chi connectivity index (χ4v) is 1.97. The van der Waals surface area contributed by atoms with Crippen LogP contribution in [0.2, 0.25) is 0 Å². The number of carboxylic acid groups (broad SMARTS) is 1. The molecule has 5 nitrogen and oxygen atoms in total. The quantitative estimate of drug-likeness (QED) is 0.866. The fraction of sp³-hybridized carbons (Fsp3) is 0.357. The van der Waals surface area contributed by atoms with Crippen LogP contribution in [0, 0.1) is 11.3 Å². The van der Waals surface area contributed by atoms with Gasteiger partial charge in [0.1, 0.15) is 6.54 Å². The normalized spacial score (nSPS) is 13.6. The molecule has 1 fully saturated rings. The van der Waals surface area contributed by atoms with E-state index in [2.05, 4.69) is 0 Å². The highest BCUT2D eigenvalue weighted by Gasteiger charge is 2.34. The Kier molecular flexibility index (Phi) is 3.81. The molecule has 1 N–H and O–H groups in total. The lowest BCUT2D eigenvalue weighted by Crippen LogP contribution is -2.37. The lowest BCUT2D eigenvalue weighted by atomic mass is 10.1. The molecule has 2 rings (SSSR count). The van der Waals surface area contributed by atoms with Crippen LogP contribution in [0.15, 0.2) is 24.3 Å². The first kappa shape index (κ1) is 13.1. The van der Waals surface area contributed by atoms with Crippen molar-refractivity contribution < 1.29 is 14.7 Å². The number of aliphatic carboxylic acids is 1. The summed E-state index contributed by atoms with van der Waals surface area (Å²) in [5.41, 5.74) is 1.21. The van der Waals surface area contributed by atoms with Crippen LogP contribution in [0.4, 0.5) is 0 Å². The minimum Gasteiger partial charge on any atom is -0.480 e. The monoisotopic (exact) mass is 258 g/mol. The second-order valence-corrected chi connectivity index (χ2v) is 4.59. The van der Waals surface area contributed by atoms with Crippen molar-refractivity contribution in [2.75, 3.05) is 6.54 Å². The molecule has 0 bridgehead atoms. The maximum atomic E-state index is 12.3. The van der Waals surface area contributed by atoms with Crippen LogP contribution < -0.4 is 0 Å². The summed E-state index contributed by atoms with van der Waals surface area (Å²) in [6.45, 7) is -0.272. The van der Waals surface area contributed by atoms with E-state index < -0.39 is 5.97 Å². The van der Waals surface area contributed by atoms with E-state index in [1.165, 1.54) is 4.90 Å². The van der Waals surface area contributed by atoms with Crippen LogP contribution in [0.1, 0.15) is 28.8 Å². The summed E-state index contributed by atoms with van der Waals surface area (Å²) in [6.07, 6.45) is 1.96. The molecule has 0 aromatic heterocycles. The smallest absolute Gasteiger partial charge is 0.323 e. The third kappa shape index (κ3) is 3.32. The zero-order valence-electron chi connectivity index (χ0n) is 10.4. The Balaban J connectivity index is 2.19. The first-order valence-corrected chi connectivity index (χ1v) is 6.10. The molecular formula is C14H14N2O3. The van der Waals surface area contributed by atoms with Crippen molar-refractivity contribution in [1.29, 1.82) is 5.26 Å². The van der Waals surface area contributed by atoms with Crippen LogP contribution in [0.3, 0.4) is 0 Å². The minimum atomic E-state index is -1.01. The number of carbonyl (C=O) groups excluding carboxylic acids is 1. The van der Waals surface area contributed by atoms with Crippen molar-refractivity contribution in [1.82, 2.24) is 4.90 Å². The van der Waals surface area contributed by atoms with Gasteiger partial charge in [-0.05, 0) is 30.5 Å². The van der Waals surface area contributed by atoms with Gasteiger partial charge >= 0.3 is 5.97 Å². The number of hydrogen-bond acceptors (Lipinski definition) is 3. The van der Waals surface area contributed by atoms with Gasteiger partial charge in [-0.3, -0.25) is 9.59 Å². The second-order valence-electron chi connectivity index (χ2n) is 4.59. The molecule has 0 spiro atoms. The molecule has 5 heteroatoms. The van der Waals surface area contributed by atoms with Crippen LogP contribution in [0.5, 0.6) is 0 Å². The van der Waals surface area contributed by atoms with Crippen molar-refractivity contribution in [3.63, 3.8) is 0 Å². The van der Waals surface area contributed by atoms with E-state index in [-0.39, 0.29) is 24.9 Å². The van der Waals surface area contributed by atoms with Crippen molar-refractivity contribution in [2.24, 2.45) is 0 Å². The highest BCUT2D eigenvalue weighted by molar-refractivity contribution is 5.96. The van der Waals surface area contributed by atoms with Crippen LogP contribution in [0.25, 0.3) is 0 Å². The van der Waals surface area contributed by atoms with Gasteiger partial charge in [-0.1, -0.05) is 12.1 Å². The summed E-state index contributed by atoms with van der Waals surface area (Å²) in [5.74, 6) is -1.28. The number of benzene rings is 1. The van der Waals surface area contributed by atoms with Crippen LogP contribution in [-0.2, 0) is 11.2 Å². The Bertz CT molecular complexity index is 544. The Labute approximate surface area is 111 Å². The van der Waals surface area contributed by atoms with Crippen molar-refractivity contribution in [3.05, 3.63) is 35.4 Å². The molecule has 1 aliphatic rings. The molecule has 98 valence electrons.